The summed E-state index contributed by atoms with van der Waals surface area (Å²) < 4.78 is 32.2. The van der Waals surface area contributed by atoms with Gasteiger partial charge in [0.1, 0.15) is 9.92 Å². The average Bonchev–Trinajstić information content (AvgIpc) is 2.41. The summed E-state index contributed by atoms with van der Waals surface area (Å²) in [5, 5.41) is 0.397. The third-order valence-electron chi connectivity index (χ3n) is 3.55. The van der Waals surface area contributed by atoms with Crippen molar-refractivity contribution in [2.24, 2.45) is 0 Å². The van der Waals surface area contributed by atoms with Crippen LogP contribution in [0.5, 0.6) is 5.75 Å². The summed E-state index contributed by atoms with van der Waals surface area (Å²) >= 11 is 11.9. The van der Waals surface area contributed by atoms with E-state index in [0.717, 1.165) is 19.3 Å². The van der Waals surface area contributed by atoms with E-state index in [9.17, 15) is 8.42 Å². The Morgan fingerprint density at radius 2 is 2.00 bits per heavy atom. The Kier molecular flexibility index (Phi) is 4.84. The third-order valence-corrected chi connectivity index (χ3v) is 6.37. The highest BCUT2D eigenvalue weighted by molar-refractivity contribution is 7.89. The molecule has 0 unspecified atom stereocenters. The molecule has 1 aromatic rings. The minimum Gasteiger partial charge on any atom is -0.494 e. The molecule has 0 saturated carbocycles. The number of piperidine rings is 1. The molecule has 0 amide bonds. The average molecular weight is 338 g/mol. The lowest BCUT2D eigenvalue weighted by Crippen LogP contribution is -2.42. The van der Waals surface area contributed by atoms with Gasteiger partial charge >= 0.3 is 0 Å². The molecule has 2 rings (SSSR count). The minimum atomic E-state index is -3.63. The topological polar surface area (TPSA) is 46.6 Å². The first-order valence-corrected chi connectivity index (χ1v) is 8.63. The van der Waals surface area contributed by atoms with Crippen LogP contribution in [0.1, 0.15) is 26.2 Å². The van der Waals surface area contributed by atoms with Crippen LogP contribution >= 0.6 is 23.2 Å². The number of halogens is 2. The number of sulfonamides is 1. The van der Waals surface area contributed by atoms with Crippen molar-refractivity contribution in [3.63, 3.8) is 0 Å². The Morgan fingerprint density at radius 1 is 1.30 bits per heavy atom. The van der Waals surface area contributed by atoms with Crippen molar-refractivity contribution in [1.29, 1.82) is 0 Å². The first-order valence-electron chi connectivity index (χ1n) is 6.43. The lowest BCUT2D eigenvalue weighted by atomic mass is 10.1. The van der Waals surface area contributed by atoms with Gasteiger partial charge in [0, 0.05) is 12.6 Å². The molecule has 1 fully saturated rings. The molecule has 0 radical (unpaired) electrons. The lowest BCUT2D eigenvalue weighted by Gasteiger charge is -2.32. The summed E-state index contributed by atoms with van der Waals surface area (Å²) in [5.41, 5.74) is 0. The van der Waals surface area contributed by atoms with Gasteiger partial charge in [-0.2, -0.15) is 4.31 Å². The van der Waals surface area contributed by atoms with Gasteiger partial charge in [-0.05, 0) is 31.9 Å². The number of ether oxygens (including phenoxy) is 1. The maximum absolute atomic E-state index is 12.8. The van der Waals surface area contributed by atoms with Crippen LogP contribution < -0.4 is 4.74 Å². The van der Waals surface area contributed by atoms with Gasteiger partial charge in [-0.15, -0.1) is 0 Å². The molecule has 0 aromatic heterocycles. The van der Waals surface area contributed by atoms with E-state index in [1.165, 1.54) is 23.5 Å². The molecule has 1 atom stereocenters. The van der Waals surface area contributed by atoms with Gasteiger partial charge in [0.2, 0.25) is 10.0 Å². The van der Waals surface area contributed by atoms with E-state index in [1.807, 2.05) is 6.92 Å². The zero-order valence-electron chi connectivity index (χ0n) is 11.4. The molecule has 7 heteroatoms. The van der Waals surface area contributed by atoms with E-state index in [0.29, 0.717) is 6.54 Å². The minimum absolute atomic E-state index is 0.0205. The first kappa shape index (κ1) is 15.9. The Balaban J connectivity index is 2.52. The molecule has 0 N–H and O–H groups in total. The number of rotatable bonds is 3. The molecule has 1 heterocycles. The number of hydrogen-bond donors (Lipinski definition) is 0. The quantitative estimate of drug-likeness (QED) is 0.847. The molecule has 0 spiro atoms. The van der Waals surface area contributed by atoms with Gasteiger partial charge < -0.3 is 4.74 Å². The van der Waals surface area contributed by atoms with E-state index in [4.69, 9.17) is 27.9 Å². The van der Waals surface area contributed by atoms with Gasteiger partial charge in [0.25, 0.3) is 0 Å². The zero-order chi connectivity index (χ0) is 14.9. The van der Waals surface area contributed by atoms with Crippen LogP contribution in [0, 0.1) is 0 Å². The second kappa shape index (κ2) is 6.10. The standard InChI is InChI=1S/C13H17Cl2NO3S/c1-9-5-3-4-8-16(9)20(17,18)11-7-6-10(14)12(15)13(11)19-2/h6-7,9H,3-5,8H2,1-2H3/t9-/m0/s1. The fourth-order valence-electron chi connectivity index (χ4n) is 2.46. The van der Waals surface area contributed by atoms with Gasteiger partial charge in [0.05, 0.1) is 12.1 Å². The second-order valence-electron chi connectivity index (χ2n) is 4.85. The largest absolute Gasteiger partial charge is 0.494 e. The smallest absolute Gasteiger partial charge is 0.247 e. The molecule has 1 aliphatic heterocycles. The van der Waals surface area contributed by atoms with Crippen LogP contribution in [0.15, 0.2) is 17.0 Å². The van der Waals surface area contributed by atoms with Gasteiger partial charge in [-0.3, -0.25) is 0 Å². The predicted molar refractivity (Wildman–Crippen MR) is 80.2 cm³/mol. The van der Waals surface area contributed by atoms with Crippen LogP contribution in [-0.2, 0) is 10.0 Å². The van der Waals surface area contributed by atoms with E-state index in [1.54, 1.807) is 0 Å². The Bertz CT molecular complexity index is 604. The number of methoxy groups -OCH3 is 1. The molecule has 1 saturated heterocycles. The summed E-state index contributed by atoms with van der Waals surface area (Å²) in [4.78, 5) is 0.0724. The molecular formula is C13H17Cl2NO3S. The van der Waals surface area contributed by atoms with E-state index < -0.39 is 10.0 Å². The van der Waals surface area contributed by atoms with Crippen molar-refractivity contribution in [3.05, 3.63) is 22.2 Å². The van der Waals surface area contributed by atoms with Crippen molar-refractivity contribution in [3.8, 4) is 5.75 Å². The maximum atomic E-state index is 12.8. The van der Waals surface area contributed by atoms with Gasteiger partial charge in [-0.1, -0.05) is 29.6 Å². The first-order chi connectivity index (χ1) is 9.39. The molecule has 4 nitrogen and oxygen atoms in total. The Hall–Kier alpha value is -0.490. The molecule has 1 aliphatic rings. The van der Waals surface area contributed by atoms with Crippen LogP contribution in [0.2, 0.25) is 10.0 Å². The second-order valence-corrected chi connectivity index (χ2v) is 7.50. The van der Waals surface area contributed by atoms with E-state index >= 15 is 0 Å². The molecule has 0 bridgehead atoms. The summed E-state index contributed by atoms with van der Waals surface area (Å²) in [7, 11) is -2.24. The normalized spacial score (nSPS) is 20.9. The van der Waals surface area contributed by atoms with Crippen LogP contribution in [0.25, 0.3) is 0 Å². The highest BCUT2D eigenvalue weighted by Crippen LogP contribution is 2.39. The lowest BCUT2D eigenvalue weighted by molar-refractivity contribution is 0.267. The molecule has 112 valence electrons. The number of nitrogens with zero attached hydrogens (tertiary/aromatic N) is 1. The van der Waals surface area contributed by atoms with E-state index in [-0.39, 0.29) is 26.7 Å². The maximum Gasteiger partial charge on any atom is 0.247 e. The van der Waals surface area contributed by atoms with Crippen molar-refractivity contribution in [2.75, 3.05) is 13.7 Å². The summed E-state index contributed by atoms with van der Waals surface area (Å²) in [5.74, 6) is 0.108. The summed E-state index contributed by atoms with van der Waals surface area (Å²) in [6, 6.07) is 2.91. The molecule has 1 aromatic carbocycles. The van der Waals surface area contributed by atoms with Crippen LogP contribution in [0.4, 0.5) is 0 Å². The SMILES string of the molecule is COc1c(S(=O)(=O)N2CCCC[C@@H]2C)ccc(Cl)c1Cl. The molecular weight excluding hydrogens is 321 g/mol. The van der Waals surface area contributed by atoms with Crippen LogP contribution in [0.3, 0.4) is 0 Å². The van der Waals surface area contributed by atoms with Crippen molar-refractivity contribution < 1.29 is 13.2 Å². The number of benzene rings is 1. The fourth-order valence-corrected chi connectivity index (χ4v) is 4.77. The van der Waals surface area contributed by atoms with Crippen molar-refractivity contribution >= 4 is 33.2 Å². The third kappa shape index (κ3) is 2.77. The summed E-state index contributed by atoms with van der Waals surface area (Å²) in [6.45, 7) is 2.44. The van der Waals surface area contributed by atoms with E-state index in [2.05, 4.69) is 0 Å². The highest BCUT2D eigenvalue weighted by atomic mass is 35.5. The molecule has 0 aliphatic carbocycles. The summed E-state index contributed by atoms with van der Waals surface area (Å²) in [6.07, 6.45) is 2.78. The highest BCUT2D eigenvalue weighted by Gasteiger charge is 2.34. The fraction of sp³-hybridized carbons (Fsp3) is 0.538. The van der Waals surface area contributed by atoms with Gasteiger partial charge in [0.15, 0.2) is 5.75 Å². The number of hydrogen-bond acceptors (Lipinski definition) is 3. The Morgan fingerprint density at radius 3 is 2.60 bits per heavy atom. The molecule has 20 heavy (non-hydrogen) atoms. The zero-order valence-corrected chi connectivity index (χ0v) is 13.7. The Labute approximate surface area is 129 Å². The van der Waals surface area contributed by atoms with Crippen molar-refractivity contribution in [1.82, 2.24) is 4.31 Å². The van der Waals surface area contributed by atoms with Crippen molar-refractivity contribution in [2.45, 2.75) is 37.1 Å². The predicted octanol–water partition coefficient (Wildman–Crippen LogP) is 3.57. The monoisotopic (exact) mass is 337 g/mol. The van der Waals surface area contributed by atoms with Crippen LogP contribution in [-0.4, -0.2) is 32.4 Å². The van der Waals surface area contributed by atoms with Gasteiger partial charge in [-0.25, -0.2) is 8.42 Å².